The van der Waals surface area contributed by atoms with Crippen molar-refractivity contribution in [1.82, 2.24) is 14.9 Å². The van der Waals surface area contributed by atoms with Crippen molar-refractivity contribution in [2.24, 2.45) is 0 Å². The molecule has 1 aromatic carbocycles. The van der Waals surface area contributed by atoms with Crippen LogP contribution < -0.4 is 10.6 Å². The van der Waals surface area contributed by atoms with E-state index in [1.807, 2.05) is 40.6 Å². The highest BCUT2D eigenvalue weighted by molar-refractivity contribution is 7.12. The minimum absolute atomic E-state index is 0.116. The minimum atomic E-state index is -0.191. The lowest BCUT2D eigenvalue weighted by Gasteiger charge is -2.36. The highest BCUT2D eigenvalue weighted by Crippen LogP contribution is 2.21. The minimum Gasteiger partial charge on any atom is -0.368 e. The highest BCUT2D eigenvalue weighted by Gasteiger charge is 2.23. The van der Waals surface area contributed by atoms with E-state index in [1.165, 1.54) is 11.3 Å². The maximum atomic E-state index is 12.4. The first-order chi connectivity index (χ1) is 11.2. The normalized spacial score (nSPS) is 15.3. The Balaban J connectivity index is 1.48. The van der Waals surface area contributed by atoms with Crippen LogP contribution in [0.5, 0.6) is 0 Å². The number of anilines is 1. The summed E-state index contributed by atoms with van der Waals surface area (Å²) < 4.78 is 0. The number of piperazine rings is 1. The Kier molecular flexibility index (Phi) is 3.42. The smallest absolute Gasteiger partial charge is 0.323 e. The van der Waals surface area contributed by atoms with E-state index >= 15 is 0 Å². The lowest BCUT2D eigenvalue weighted by Crippen LogP contribution is -2.48. The molecule has 7 heteroatoms. The number of carbonyl (C=O) groups excluding carboxylic acids is 1. The molecular formula is C16H16N4O2S. The van der Waals surface area contributed by atoms with Gasteiger partial charge in [-0.25, -0.2) is 4.79 Å². The Morgan fingerprint density at radius 2 is 1.83 bits per heavy atom. The number of aromatic amines is 2. The predicted octanol–water partition coefficient (Wildman–Crippen LogP) is 1.88. The zero-order chi connectivity index (χ0) is 15.8. The van der Waals surface area contributed by atoms with Crippen LogP contribution in [-0.4, -0.2) is 47.0 Å². The van der Waals surface area contributed by atoms with E-state index in [0.29, 0.717) is 13.1 Å². The first kappa shape index (κ1) is 14.1. The number of rotatable bonds is 2. The maximum Gasteiger partial charge on any atom is 0.323 e. The molecule has 1 amide bonds. The predicted molar refractivity (Wildman–Crippen MR) is 91.4 cm³/mol. The summed E-state index contributed by atoms with van der Waals surface area (Å²) in [6.45, 7) is 2.99. The molecule has 4 rings (SSSR count). The van der Waals surface area contributed by atoms with Crippen molar-refractivity contribution < 1.29 is 4.79 Å². The summed E-state index contributed by atoms with van der Waals surface area (Å²) in [5.41, 5.74) is 2.49. The molecule has 0 aliphatic carbocycles. The standard InChI is InChI=1S/C16H16N4O2S/c21-15(14-2-1-9-23-14)20-7-5-19(6-8-20)11-3-4-12-13(10-11)18-16(22)17-12/h1-4,9-10H,5-8H2,(H2,17,18,22). The van der Waals surface area contributed by atoms with Crippen LogP contribution in [0.3, 0.4) is 0 Å². The topological polar surface area (TPSA) is 72.2 Å². The van der Waals surface area contributed by atoms with Gasteiger partial charge in [0, 0.05) is 31.9 Å². The first-order valence-corrected chi connectivity index (χ1v) is 8.38. The van der Waals surface area contributed by atoms with Crippen LogP contribution in [0.15, 0.2) is 40.5 Å². The molecule has 3 heterocycles. The summed E-state index contributed by atoms with van der Waals surface area (Å²) in [5, 5.41) is 1.93. The maximum absolute atomic E-state index is 12.4. The molecule has 0 saturated carbocycles. The Bertz CT molecular complexity index is 888. The average molecular weight is 328 g/mol. The Labute approximate surface area is 136 Å². The van der Waals surface area contributed by atoms with Gasteiger partial charge in [-0.2, -0.15) is 0 Å². The molecule has 1 fully saturated rings. The third-order valence-corrected chi connectivity index (χ3v) is 5.02. The number of nitrogens with one attached hydrogen (secondary N) is 2. The van der Waals surface area contributed by atoms with Gasteiger partial charge in [-0.1, -0.05) is 6.07 Å². The molecule has 0 unspecified atom stereocenters. The number of amides is 1. The fourth-order valence-electron chi connectivity index (χ4n) is 2.94. The van der Waals surface area contributed by atoms with Crippen molar-refractivity contribution in [3.8, 4) is 0 Å². The van der Waals surface area contributed by atoms with Gasteiger partial charge in [0.05, 0.1) is 15.9 Å². The fraction of sp³-hybridized carbons (Fsp3) is 0.250. The Morgan fingerprint density at radius 3 is 2.57 bits per heavy atom. The van der Waals surface area contributed by atoms with Crippen LogP contribution in [0.4, 0.5) is 5.69 Å². The molecule has 0 bridgehead atoms. The van der Waals surface area contributed by atoms with Gasteiger partial charge >= 0.3 is 5.69 Å². The van der Waals surface area contributed by atoms with Gasteiger partial charge in [0.2, 0.25) is 0 Å². The Hall–Kier alpha value is -2.54. The number of hydrogen-bond acceptors (Lipinski definition) is 4. The summed E-state index contributed by atoms with van der Waals surface area (Å²) in [7, 11) is 0. The quantitative estimate of drug-likeness (QED) is 0.754. The van der Waals surface area contributed by atoms with E-state index in [-0.39, 0.29) is 11.6 Å². The van der Waals surface area contributed by atoms with Gasteiger partial charge in [0.15, 0.2) is 0 Å². The van der Waals surface area contributed by atoms with E-state index in [4.69, 9.17) is 0 Å². The van der Waals surface area contributed by atoms with Crippen molar-refractivity contribution in [3.05, 3.63) is 51.1 Å². The molecule has 0 radical (unpaired) electrons. The van der Waals surface area contributed by atoms with Gasteiger partial charge in [0.1, 0.15) is 0 Å². The number of benzene rings is 1. The number of H-pyrrole nitrogens is 2. The second-order valence-corrected chi connectivity index (χ2v) is 6.51. The average Bonchev–Trinajstić information content (AvgIpc) is 3.22. The molecular weight excluding hydrogens is 312 g/mol. The molecule has 6 nitrogen and oxygen atoms in total. The molecule has 0 atom stereocenters. The van der Waals surface area contributed by atoms with Gasteiger partial charge in [-0.05, 0) is 29.6 Å². The van der Waals surface area contributed by atoms with E-state index in [2.05, 4.69) is 14.9 Å². The molecule has 23 heavy (non-hydrogen) atoms. The van der Waals surface area contributed by atoms with Crippen LogP contribution in [0.1, 0.15) is 9.67 Å². The van der Waals surface area contributed by atoms with Gasteiger partial charge in [-0.3, -0.25) is 4.79 Å². The summed E-state index contributed by atoms with van der Waals surface area (Å²) in [6.07, 6.45) is 0. The number of aromatic nitrogens is 2. The van der Waals surface area contributed by atoms with Crippen molar-refractivity contribution in [2.45, 2.75) is 0 Å². The van der Waals surface area contributed by atoms with Crippen molar-refractivity contribution >= 4 is 34.0 Å². The molecule has 3 aromatic rings. The van der Waals surface area contributed by atoms with Crippen LogP contribution in [0.2, 0.25) is 0 Å². The Morgan fingerprint density at radius 1 is 1.04 bits per heavy atom. The lowest BCUT2D eigenvalue weighted by molar-refractivity contribution is 0.0751. The molecule has 1 saturated heterocycles. The highest BCUT2D eigenvalue weighted by atomic mass is 32.1. The van der Waals surface area contributed by atoms with Crippen LogP contribution >= 0.6 is 11.3 Å². The largest absolute Gasteiger partial charge is 0.368 e. The SMILES string of the molecule is O=C(c1cccs1)N1CCN(c2ccc3[nH]c(=O)[nH]c3c2)CC1. The summed E-state index contributed by atoms with van der Waals surface area (Å²) in [6, 6.07) is 9.66. The van der Waals surface area contributed by atoms with E-state index in [0.717, 1.165) is 34.7 Å². The molecule has 1 aliphatic heterocycles. The van der Waals surface area contributed by atoms with Crippen molar-refractivity contribution in [1.29, 1.82) is 0 Å². The number of imidazole rings is 1. The van der Waals surface area contributed by atoms with Crippen LogP contribution in [-0.2, 0) is 0 Å². The van der Waals surface area contributed by atoms with E-state index in [9.17, 15) is 9.59 Å². The summed E-state index contributed by atoms with van der Waals surface area (Å²) in [4.78, 5) is 34.2. The van der Waals surface area contributed by atoms with Crippen molar-refractivity contribution in [2.75, 3.05) is 31.1 Å². The lowest BCUT2D eigenvalue weighted by atomic mass is 10.2. The molecule has 0 spiro atoms. The molecule has 2 N–H and O–H groups in total. The zero-order valence-electron chi connectivity index (χ0n) is 12.4. The van der Waals surface area contributed by atoms with Gasteiger partial charge < -0.3 is 19.8 Å². The molecule has 2 aromatic heterocycles. The van der Waals surface area contributed by atoms with E-state index in [1.54, 1.807) is 0 Å². The number of hydrogen-bond donors (Lipinski definition) is 2. The molecule has 118 valence electrons. The van der Waals surface area contributed by atoms with Gasteiger partial charge in [-0.15, -0.1) is 11.3 Å². The van der Waals surface area contributed by atoms with E-state index < -0.39 is 0 Å². The second-order valence-electron chi connectivity index (χ2n) is 5.57. The number of fused-ring (bicyclic) bond motifs is 1. The molecule has 1 aliphatic rings. The third kappa shape index (κ3) is 2.63. The summed E-state index contributed by atoms with van der Waals surface area (Å²) >= 11 is 1.48. The third-order valence-electron chi connectivity index (χ3n) is 4.16. The van der Waals surface area contributed by atoms with Crippen molar-refractivity contribution in [3.63, 3.8) is 0 Å². The number of carbonyl (C=O) groups is 1. The van der Waals surface area contributed by atoms with Crippen LogP contribution in [0, 0.1) is 0 Å². The number of nitrogens with zero attached hydrogens (tertiary/aromatic N) is 2. The number of thiophene rings is 1. The van der Waals surface area contributed by atoms with Gasteiger partial charge in [0.25, 0.3) is 5.91 Å². The monoisotopic (exact) mass is 328 g/mol. The van der Waals surface area contributed by atoms with Crippen LogP contribution in [0.25, 0.3) is 11.0 Å². The zero-order valence-corrected chi connectivity index (χ0v) is 13.2. The second kappa shape index (κ2) is 5.58. The summed E-state index contributed by atoms with van der Waals surface area (Å²) in [5.74, 6) is 0.116. The fourth-order valence-corrected chi connectivity index (χ4v) is 3.63. The first-order valence-electron chi connectivity index (χ1n) is 7.50.